The lowest BCUT2D eigenvalue weighted by Crippen LogP contribution is -2.27. The third-order valence-electron chi connectivity index (χ3n) is 3.50. The van der Waals surface area contributed by atoms with Crippen molar-refractivity contribution in [3.8, 4) is 0 Å². The molecule has 0 radical (unpaired) electrons. The fraction of sp³-hybridized carbons (Fsp3) is 0.111. The summed E-state index contributed by atoms with van der Waals surface area (Å²) in [6, 6.07) is 14.3. The van der Waals surface area contributed by atoms with E-state index in [1.54, 1.807) is 18.3 Å². The van der Waals surface area contributed by atoms with Gasteiger partial charge in [0.05, 0.1) is 17.2 Å². The second-order valence-corrected chi connectivity index (χ2v) is 6.81. The number of aromatic nitrogens is 2. The van der Waals surface area contributed by atoms with E-state index >= 15 is 0 Å². The van der Waals surface area contributed by atoms with E-state index < -0.39 is 0 Å². The number of rotatable bonds is 5. The molecule has 0 bridgehead atoms. The SMILES string of the molecule is Fc1ccc(CNC(=S)Nc2cccc(Cn3cc(Br)cn3)c2)cc1. The van der Waals surface area contributed by atoms with Gasteiger partial charge in [0.2, 0.25) is 0 Å². The molecule has 1 heterocycles. The van der Waals surface area contributed by atoms with Crippen LogP contribution in [0.3, 0.4) is 0 Å². The summed E-state index contributed by atoms with van der Waals surface area (Å²) in [5.74, 6) is -0.245. The summed E-state index contributed by atoms with van der Waals surface area (Å²) < 4.78 is 15.7. The van der Waals surface area contributed by atoms with Crippen molar-refractivity contribution < 1.29 is 4.39 Å². The van der Waals surface area contributed by atoms with Crippen LogP contribution in [0.25, 0.3) is 0 Å². The Balaban J connectivity index is 1.55. The molecule has 0 saturated heterocycles. The molecule has 0 saturated carbocycles. The van der Waals surface area contributed by atoms with Crippen LogP contribution in [0.5, 0.6) is 0 Å². The normalized spacial score (nSPS) is 10.5. The maximum atomic E-state index is 12.9. The van der Waals surface area contributed by atoms with Crippen LogP contribution in [-0.2, 0) is 13.1 Å². The Kier molecular flexibility index (Phi) is 5.78. The molecule has 0 atom stereocenters. The number of nitrogens with one attached hydrogen (secondary N) is 2. The van der Waals surface area contributed by atoms with Crippen LogP contribution in [-0.4, -0.2) is 14.9 Å². The Morgan fingerprint density at radius 1 is 1.16 bits per heavy atom. The van der Waals surface area contributed by atoms with Crippen molar-refractivity contribution in [2.45, 2.75) is 13.1 Å². The zero-order valence-electron chi connectivity index (χ0n) is 13.2. The van der Waals surface area contributed by atoms with Gasteiger partial charge in [-0.25, -0.2) is 4.39 Å². The molecule has 0 spiro atoms. The van der Waals surface area contributed by atoms with E-state index in [0.29, 0.717) is 18.2 Å². The van der Waals surface area contributed by atoms with Crippen LogP contribution in [0, 0.1) is 5.82 Å². The lowest BCUT2D eigenvalue weighted by Gasteiger charge is -2.12. The summed E-state index contributed by atoms with van der Waals surface area (Å²) >= 11 is 8.71. The van der Waals surface area contributed by atoms with Gasteiger partial charge < -0.3 is 10.6 Å². The van der Waals surface area contributed by atoms with E-state index in [0.717, 1.165) is 21.3 Å². The molecule has 4 nitrogen and oxygen atoms in total. The molecule has 0 aliphatic carbocycles. The largest absolute Gasteiger partial charge is 0.358 e. The number of hydrogen-bond acceptors (Lipinski definition) is 2. The molecule has 0 unspecified atom stereocenters. The first-order chi connectivity index (χ1) is 12.1. The highest BCUT2D eigenvalue weighted by atomic mass is 79.9. The van der Waals surface area contributed by atoms with Crippen LogP contribution in [0.4, 0.5) is 10.1 Å². The summed E-state index contributed by atoms with van der Waals surface area (Å²) in [6.07, 6.45) is 3.69. The van der Waals surface area contributed by atoms with Crippen LogP contribution in [0.15, 0.2) is 65.4 Å². The number of halogens is 2. The van der Waals surface area contributed by atoms with Gasteiger partial charge in [-0.15, -0.1) is 0 Å². The second-order valence-electron chi connectivity index (χ2n) is 5.49. The van der Waals surface area contributed by atoms with Gasteiger partial charge in [-0.2, -0.15) is 5.10 Å². The molecule has 2 aromatic carbocycles. The topological polar surface area (TPSA) is 41.9 Å². The zero-order chi connectivity index (χ0) is 17.6. The smallest absolute Gasteiger partial charge is 0.171 e. The van der Waals surface area contributed by atoms with Gasteiger partial charge in [0.25, 0.3) is 0 Å². The van der Waals surface area contributed by atoms with Crippen LogP contribution < -0.4 is 10.6 Å². The lowest BCUT2D eigenvalue weighted by molar-refractivity contribution is 0.627. The Labute approximate surface area is 159 Å². The van der Waals surface area contributed by atoms with Gasteiger partial charge in [0.15, 0.2) is 5.11 Å². The minimum Gasteiger partial charge on any atom is -0.358 e. The van der Waals surface area contributed by atoms with E-state index in [1.807, 2.05) is 35.1 Å². The minimum absolute atomic E-state index is 0.245. The van der Waals surface area contributed by atoms with Crippen LogP contribution >= 0.6 is 28.1 Å². The molecule has 3 rings (SSSR count). The van der Waals surface area contributed by atoms with Crippen molar-refractivity contribution in [1.29, 1.82) is 0 Å². The molecule has 0 aliphatic heterocycles. The molecule has 25 heavy (non-hydrogen) atoms. The van der Waals surface area contributed by atoms with E-state index in [-0.39, 0.29) is 5.82 Å². The average molecular weight is 419 g/mol. The quantitative estimate of drug-likeness (QED) is 0.605. The molecular formula is C18H16BrFN4S. The molecule has 0 aliphatic rings. The number of hydrogen-bond donors (Lipinski definition) is 2. The van der Waals surface area contributed by atoms with Crippen molar-refractivity contribution >= 4 is 38.9 Å². The summed E-state index contributed by atoms with van der Waals surface area (Å²) in [7, 11) is 0. The Bertz CT molecular complexity index is 864. The Hall–Kier alpha value is -2.25. The maximum absolute atomic E-state index is 12.9. The van der Waals surface area contributed by atoms with Crippen molar-refractivity contribution in [3.05, 3.63) is 82.3 Å². The van der Waals surface area contributed by atoms with Gasteiger partial charge >= 0.3 is 0 Å². The lowest BCUT2D eigenvalue weighted by atomic mass is 10.2. The number of benzene rings is 2. The van der Waals surface area contributed by atoms with Crippen molar-refractivity contribution in [1.82, 2.24) is 15.1 Å². The van der Waals surface area contributed by atoms with Crippen LogP contribution in [0.1, 0.15) is 11.1 Å². The van der Waals surface area contributed by atoms with Crippen LogP contribution in [0.2, 0.25) is 0 Å². The predicted octanol–water partition coefficient (Wildman–Crippen LogP) is 4.32. The minimum atomic E-state index is -0.245. The Morgan fingerprint density at radius 2 is 1.96 bits per heavy atom. The fourth-order valence-electron chi connectivity index (χ4n) is 2.32. The van der Waals surface area contributed by atoms with Gasteiger partial charge in [0.1, 0.15) is 5.82 Å². The van der Waals surface area contributed by atoms with E-state index in [4.69, 9.17) is 12.2 Å². The summed E-state index contributed by atoms with van der Waals surface area (Å²) in [6.45, 7) is 1.21. The van der Waals surface area contributed by atoms with Crippen molar-refractivity contribution in [2.24, 2.45) is 0 Å². The maximum Gasteiger partial charge on any atom is 0.171 e. The fourth-order valence-corrected chi connectivity index (χ4v) is 2.84. The van der Waals surface area contributed by atoms with Gasteiger partial charge in [-0.05, 0) is 63.5 Å². The summed E-state index contributed by atoms with van der Waals surface area (Å²) in [5.41, 5.74) is 2.98. The van der Waals surface area contributed by atoms with E-state index in [2.05, 4.69) is 31.7 Å². The second kappa shape index (κ2) is 8.22. The summed E-state index contributed by atoms with van der Waals surface area (Å²) in [5, 5.41) is 11.0. The third kappa shape index (κ3) is 5.37. The monoisotopic (exact) mass is 418 g/mol. The van der Waals surface area contributed by atoms with E-state index in [1.165, 1.54) is 12.1 Å². The molecule has 128 valence electrons. The number of anilines is 1. The highest BCUT2D eigenvalue weighted by Crippen LogP contribution is 2.13. The number of nitrogens with zero attached hydrogens (tertiary/aromatic N) is 2. The van der Waals surface area contributed by atoms with Gasteiger partial charge in [-0.1, -0.05) is 24.3 Å². The first-order valence-corrected chi connectivity index (χ1v) is 8.85. The third-order valence-corrected chi connectivity index (χ3v) is 4.15. The highest BCUT2D eigenvalue weighted by Gasteiger charge is 2.02. The first kappa shape index (κ1) is 17.6. The molecule has 0 amide bonds. The molecule has 0 fully saturated rings. The first-order valence-electron chi connectivity index (χ1n) is 7.65. The summed E-state index contributed by atoms with van der Waals surface area (Å²) in [4.78, 5) is 0. The molecule has 2 N–H and O–H groups in total. The predicted molar refractivity (Wildman–Crippen MR) is 105 cm³/mol. The van der Waals surface area contributed by atoms with Crippen molar-refractivity contribution in [2.75, 3.05) is 5.32 Å². The molecule has 7 heteroatoms. The number of thiocarbonyl (C=S) groups is 1. The molecular weight excluding hydrogens is 403 g/mol. The van der Waals surface area contributed by atoms with Gasteiger partial charge in [-0.3, -0.25) is 4.68 Å². The average Bonchev–Trinajstić information content (AvgIpc) is 2.99. The Morgan fingerprint density at radius 3 is 2.68 bits per heavy atom. The molecule has 1 aromatic heterocycles. The van der Waals surface area contributed by atoms with Crippen molar-refractivity contribution in [3.63, 3.8) is 0 Å². The zero-order valence-corrected chi connectivity index (χ0v) is 15.6. The molecule has 3 aromatic rings. The van der Waals surface area contributed by atoms with E-state index in [9.17, 15) is 4.39 Å². The standard InChI is InChI=1S/C18H16BrFN4S/c19-15-10-22-24(12-15)11-14-2-1-3-17(8-14)23-18(25)21-9-13-4-6-16(20)7-5-13/h1-8,10,12H,9,11H2,(H2,21,23,25). The van der Waals surface area contributed by atoms with Gasteiger partial charge in [0, 0.05) is 18.4 Å². The highest BCUT2D eigenvalue weighted by molar-refractivity contribution is 9.10.